The molecule has 156 valence electrons. The van der Waals surface area contributed by atoms with Gasteiger partial charge in [0.25, 0.3) is 5.91 Å². The Morgan fingerprint density at radius 1 is 1.30 bits per heavy atom. The SMILES string of the molecule is CC(=O)C[C@@H](C)/C=C/c1ccc(Oc2ccc3c(c2)C(=O)N(CC2CC2)CC3)nc1. The zero-order valence-corrected chi connectivity index (χ0v) is 17.6. The number of ketones is 1. The maximum Gasteiger partial charge on any atom is 0.254 e. The molecule has 0 N–H and O–H groups in total. The second-order valence-electron chi connectivity index (χ2n) is 8.54. The second kappa shape index (κ2) is 8.82. The fourth-order valence-electron chi connectivity index (χ4n) is 3.82. The van der Waals surface area contributed by atoms with E-state index in [0.717, 1.165) is 36.2 Å². The van der Waals surface area contributed by atoms with Crippen LogP contribution in [-0.2, 0) is 11.2 Å². The summed E-state index contributed by atoms with van der Waals surface area (Å²) in [6.07, 6.45) is 9.65. The summed E-state index contributed by atoms with van der Waals surface area (Å²) >= 11 is 0. The van der Waals surface area contributed by atoms with E-state index in [1.165, 1.54) is 12.8 Å². The molecule has 4 rings (SSSR count). The molecule has 0 bridgehead atoms. The minimum Gasteiger partial charge on any atom is -0.439 e. The van der Waals surface area contributed by atoms with Gasteiger partial charge in [0.1, 0.15) is 11.5 Å². The quantitative estimate of drug-likeness (QED) is 0.627. The van der Waals surface area contributed by atoms with Crippen LogP contribution in [0, 0.1) is 11.8 Å². The van der Waals surface area contributed by atoms with Crippen molar-refractivity contribution in [3.05, 3.63) is 59.3 Å². The lowest BCUT2D eigenvalue weighted by atomic mass is 9.98. The number of aromatic nitrogens is 1. The maximum atomic E-state index is 12.8. The average molecular weight is 405 g/mol. The first-order valence-corrected chi connectivity index (χ1v) is 10.7. The van der Waals surface area contributed by atoms with Gasteiger partial charge in [0.2, 0.25) is 5.88 Å². The predicted octanol–water partition coefficient (Wildman–Crippen LogP) is 4.91. The third kappa shape index (κ3) is 5.15. The van der Waals surface area contributed by atoms with E-state index in [1.54, 1.807) is 13.1 Å². The fraction of sp³-hybridized carbons (Fsp3) is 0.400. The van der Waals surface area contributed by atoms with Gasteiger partial charge in [0.05, 0.1) is 0 Å². The molecule has 0 radical (unpaired) electrons. The number of amides is 1. The fourth-order valence-corrected chi connectivity index (χ4v) is 3.82. The van der Waals surface area contributed by atoms with Gasteiger partial charge < -0.3 is 14.4 Å². The Hall–Kier alpha value is -2.95. The van der Waals surface area contributed by atoms with Crippen LogP contribution in [0.25, 0.3) is 6.08 Å². The molecule has 1 fully saturated rings. The van der Waals surface area contributed by atoms with Crippen LogP contribution in [0.15, 0.2) is 42.6 Å². The van der Waals surface area contributed by atoms with Crippen LogP contribution in [0.3, 0.4) is 0 Å². The van der Waals surface area contributed by atoms with E-state index in [4.69, 9.17) is 4.74 Å². The molecule has 1 aliphatic carbocycles. The Balaban J connectivity index is 1.41. The number of fused-ring (bicyclic) bond motifs is 1. The van der Waals surface area contributed by atoms with Gasteiger partial charge in [-0.3, -0.25) is 4.79 Å². The van der Waals surface area contributed by atoms with E-state index in [0.29, 0.717) is 24.0 Å². The molecule has 1 saturated carbocycles. The molecule has 1 aliphatic heterocycles. The second-order valence-corrected chi connectivity index (χ2v) is 8.54. The van der Waals surface area contributed by atoms with Gasteiger partial charge in [-0.1, -0.05) is 25.1 Å². The van der Waals surface area contributed by atoms with Crippen LogP contribution in [0.4, 0.5) is 0 Å². The first kappa shape index (κ1) is 20.3. The topological polar surface area (TPSA) is 59.5 Å². The van der Waals surface area contributed by atoms with Crippen molar-refractivity contribution in [2.75, 3.05) is 13.1 Å². The molecule has 5 heteroatoms. The number of carbonyl (C=O) groups excluding carboxylic acids is 2. The lowest BCUT2D eigenvalue weighted by Gasteiger charge is -2.28. The Labute approximate surface area is 177 Å². The number of pyridine rings is 1. The summed E-state index contributed by atoms with van der Waals surface area (Å²) in [6, 6.07) is 9.48. The van der Waals surface area contributed by atoms with Gasteiger partial charge >= 0.3 is 0 Å². The lowest BCUT2D eigenvalue weighted by Crippen LogP contribution is -2.38. The number of allylic oxidation sites excluding steroid dienone is 1. The first-order chi connectivity index (χ1) is 14.5. The van der Waals surface area contributed by atoms with Crippen molar-refractivity contribution in [2.45, 2.75) is 39.5 Å². The van der Waals surface area contributed by atoms with Crippen molar-refractivity contribution >= 4 is 17.8 Å². The molecule has 1 aromatic carbocycles. The third-order valence-electron chi connectivity index (χ3n) is 5.63. The Morgan fingerprint density at radius 2 is 2.13 bits per heavy atom. The number of hydrogen-bond acceptors (Lipinski definition) is 4. The number of nitrogens with zero attached hydrogens (tertiary/aromatic N) is 2. The largest absolute Gasteiger partial charge is 0.439 e. The van der Waals surface area contributed by atoms with Crippen molar-refractivity contribution in [2.24, 2.45) is 11.8 Å². The lowest BCUT2D eigenvalue weighted by molar-refractivity contribution is -0.117. The van der Waals surface area contributed by atoms with Crippen LogP contribution >= 0.6 is 0 Å². The van der Waals surface area contributed by atoms with Gasteiger partial charge in [-0.2, -0.15) is 0 Å². The van der Waals surface area contributed by atoms with Gasteiger partial charge in [-0.15, -0.1) is 0 Å². The standard InChI is InChI=1S/C25H28N2O3/c1-17(13-18(2)28)3-4-19-7-10-24(26-15-19)30-22-9-8-21-11-12-27(16-20-5-6-20)25(29)23(21)14-22/h3-4,7-10,14-15,17,20H,5-6,11-13,16H2,1-2H3/b4-3+/t17-/m0/s1. The molecule has 1 atom stereocenters. The summed E-state index contributed by atoms with van der Waals surface area (Å²) < 4.78 is 5.90. The van der Waals surface area contributed by atoms with Crippen LogP contribution in [0.1, 0.15) is 54.6 Å². The molecule has 1 aromatic heterocycles. The number of ether oxygens (including phenoxy) is 1. The molecule has 5 nitrogen and oxygen atoms in total. The molecule has 0 spiro atoms. The molecular formula is C25H28N2O3. The highest BCUT2D eigenvalue weighted by Crippen LogP contribution is 2.32. The van der Waals surface area contributed by atoms with E-state index in [9.17, 15) is 9.59 Å². The number of rotatable bonds is 8. The normalized spacial score (nSPS) is 17.1. The zero-order chi connectivity index (χ0) is 21.1. The molecule has 2 aromatic rings. The monoisotopic (exact) mass is 404 g/mol. The van der Waals surface area contributed by atoms with Crippen molar-refractivity contribution in [3.8, 4) is 11.6 Å². The van der Waals surface area contributed by atoms with Gasteiger partial charge in [-0.05, 0) is 67.3 Å². The molecule has 0 unspecified atom stereocenters. The third-order valence-corrected chi connectivity index (χ3v) is 5.63. The zero-order valence-electron chi connectivity index (χ0n) is 17.6. The summed E-state index contributed by atoms with van der Waals surface area (Å²) in [5.41, 5.74) is 2.79. The van der Waals surface area contributed by atoms with E-state index in [2.05, 4.69) is 4.98 Å². The van der Waals surface area contributed by atoms with Crippen molar-refractivity contribution in [1.29, 1.82) is 0 Å². The van der Waals surface area contributed by atoms with Crippen molar-refractivity contribution < 1.29 is 14.3 Å². The Kier molecular flexibility index (Phi) is 5.98. The Bertz CT molecular complexity index is 961. The van der Waals surface area contributed by atoms with Crippen LogP contribution in [-0.4, -0.2) is 34.7 Å². The molecule has 2 aliphatic rings. The van der Waals surface area contributed by atoms with Crippen LogP contribution in [0.5, 0.6) is 11.6 Å². The van der Waals surface area contributed by atoms with E-state index >= 15 is 0 Å². The van der Waals surface area contributed by atoms with E-state index < -0.39 is 0 Å². The molecule has 0 saturated heterocycles. The average Bonchev–Trinajstić information content (AvgIpc) is 3.54. The molecule has 2 heterocycles. The van der Waals surface area contributed by atoms with E-state index in [1.807, 2.05) is 54.3 Å². The van der Waals surface area contributed by atoms with Crippen molar-refractivity contribution in [3.63, 3.8) is 0 Å². The smallest absolute Gasteiger partial charge is 0.254 e. The van der Waals surface area contributed by atoms with Crippen molar-refractivity contribution in [1.82, 2.24) is 9.88 Å². The summed E-state index contributed by atoms with van der Waals surface area (Å²) in [6.45, 7) is 5.32. The summed E-state index contributed by atoms with van der Waals surface area (Å²) in [4.78, 5) is 30.4. The highest BCUT2D eigenvalue weighted by molar-refractivity contribution is 5.97. The maximum absolute atomic E-state index is 12.8. The summed E-state index contributed by atoms with van der Waals surface area (Å²) in [5, 5.41) is 0. The molecular weight excluding hydrogens is 376 g/mol. The Morgan fingerprint density at radius 3 is 2.83 bits per heavy atom. The summed E-state index contributed by atoms with van der Waals surface area (Å²) in [5.74, 6) is 2.31. The van der Waals surface area contributed by atoms with Crippen LogP contribution in [0.2, 0.25) is 0 Å². The number of carbonyl (C=O) groups is 2. The molecule has 1 amide bonds. The highest BCUT2D eigenvalue weighted by atomic mass is 16.5. The van der Waals surface area contributed by atoms with Gasteiger partial charge in [-0.25, -0.2) is 4.98 Å². The number of benzene rings is 1. The van der Waals surface area contributed by atoms with E-state index in [-0.39, 0.29) is 17.6 Å². The van der Waals surface area contributed by atoms with Gasteiger partial charge in [0.15, 0.2) is 0 Å². The number of hydrogen-bond donors (Lipinski definition) is 0. The highest BCUT2D eigenvalue weighted by Gasteiger charge is 2.30. The van der Waals surface area contributed by atoms with Gasteiger partial charge in [0, 0.05) is 37.3 Å². The summed E-state index contributed by atoms with van der Waals surface area (Å²) in [7, 11) is 0. The number of Topliss-reactive ketones (excluding diaryl/α,β-unsaturated/α-hetero) is 1. The minimum atomic E-state index is 0.113. The van der Waals surface area contributed by atoms with Crippen LogP contribution < -0.4 is 4.74 Å². The first-order valence-electron chi connectivity index (χ1n) is 10.7. The predicted molar refractivity (Wildman–Crippen MR) is 117 cm³/mol. The minimum absolute atomic E-state index is 0.113. The molecule has 30 heavy (non-hydrogen) atoms.